The van der Waals surface area contributed by atoms with E-state index in [9.17, 15) is 0 Å². The molecule has 2 aliphatic heterocycles. The van der Waals surface area contributed by atoms with Crippen LogP contribution in [0.5, 0.6) is 0 Å². The summed E-state index contributed by atoms with van der Waals surface area (Å²) in [4.78, 5) is 9.69. The monoisotopic (exact) mass is 884 g/mol. The smallest absolute Gasteiger partial charge is 0.452 e. The molecule has 0 bridgehead atoms. The molecule has 1 fully saturated rings. The molecule has 0 atom stereocenters. The molecule has 6 aromatic carbocycles. The number of benzene rings is 6. The highest BCUT2D eigenvalue weighted by atomic mass is 16.7. The molecular formula is C56H59B3N4O4. The molecule has 0 amide bonds. The fourth-order valence-electron chi connectivity index (χ4n) is 9.39. The van der Waals surface area contributed by atoms with Crippen molar-refractivity contribution in [3.05, 3.63) is 175 Å². The Hall–Kier alpha value is -6.10. The van der Waals surface area contributed by atoms with Gasteiger partial charge in [0.15, 0.2) is 0 Å². The second-order valence-electron chi connectivity index (χ2n) is 21.3. The van der Waals surface area contributed by atoms with Gasteiger partial charge in [-0.05, 0) is 86.8 Å². The van der Waals surface area contributed by atoms with Crippen LogP contribution in [0.1, 0.15) is 79.0 Å². The van der Waals surface area contributed by atoms with Gasteiger partial charge in [0.1, 0.15) is 12.5 Å². The van der Waals surface area contributed by atoms with Crippen LogP contribution in [-0.2, 0) is 37.1 Å². The minimum absolute atomic E-state index is 0.00399. The standard InChI is InChI=1S/C56H59B3N4O4/c1-54(2,3)42-31-32-60-52(35-42)63-48-26-14-13-23-45(48)46-30-29-40(34-51(46)63)37-64-36-39-19-17-22-43(33-39)61-38-62(50-28-16-15-27-49(50)61)53-44(41-20-11-10-12-21-41)24-18-25-47(53)57-65-58(55(4,5)6)67-59(66-57)56(7,8)9/h10-35H,36-38H2,1-9H3. The number of hydrogen-bond acceptors (Lipinski definition) is 7. The molecule has 0 spiro atoms. The molecule has 1 saturated heterocycles. The predicted octanol–water partition coefficient (Wildman–Crippen LogP) is 13.4. The summed E-state index contributed by atoms with van der Waals surface area (Å²) in [5, 5.41) is 1.85. The maximum absolute atomic E-state index is 6.81. The van der Waals surface area contributed by atoms with Gasteiger partial charge >= 0.3 is 21.4 Å². The van der Waals surface area contributed by atoms with E-state index in [1.54, 1.807) is 0 Å². The van der Waals surface area contributed by atoms with Crippen LogP contribution in [0.3, 0.4) is 0 Å². The number of aromatic nitrogens is 2. The molecule has 336 valence electrons. The maximum Gasteiger partial charge on any atom is 0.468 e. The van der Waals surface area contributed by atoms with E-state index in [4.69, 9.17) is 23.4 Å². The molecule has 11 heteroatoms. The molecule has 0 radical (unpaired) electrons. The Morgan fingerprint density at radius 3 is 1.93 bits per heavy atom. The lowest BCUT2D eigenvalue weighted by molar-refractivity contribution is 0.107. The highest BCUT2D eigenvalue weighted by Gasteiger charge is 2.52. The van der Waals surface area contributed by atoms with E-state index in [-0.39, 0.29) is 16.0 Å². The summed E-state index contributed by atoms with van der Waals surface area (Å²) in [6.45, 7) is 21.2. The summed E-state index contributed by atoms with van der Waals surface area (Å²) < 4.78 is 29.0. The number of ether oxygens (including phenoxy) is 1. The number of nitrogens with zero attached hydrogens (tertiary/aromatic N) is 4. The van der Waals surface area contributed by atoms with E-state index >= 15 is 0 Å². The summed E-state index contributed by atoms with van der Waals surface area (Å²) in [5.41, 5.74) is 13.3. The number of anilines is 4. The highest BCUT2D eigenvalue weighted by molar-refractivity contribution is 6.81. The second-order valence-corrected chi connectivity index (χ2v) is 21.3. The Morgan fingerprint density at radius 2 is 1.21 bits per heavy atom. The van der Waals surface area contributed by atoms with Gasteiger partial charge in [-0.2, -0.15) is 0 Å². The Balaban J connectivity index is 0.948. The lowest BCUT2D eigenvalue weighted by Gasteiger charge is -2.41. The molecule has 10 rings (SSSR count). The quantitative estimate of drug-likeness (QED) is 0.134. The van der Waals surface area contributed by atoms with Gasteiger partial charge in [-0.25, -0.2) is 4.98 Å². The number of hydrogen-bond donors (Lipinski definition) is 0. The molecular weight excluding hydrogens is 825 g/mol. The normalized spacial score (nSPS) is 14.7. The van der Waals surface area contributed by atoms with E-state index in [0.717, 1.165) is 67.3 Å². The van der Waals surface area contributed by atoms with Crippen LogP contribution < -0.4 is 15.3 Å². The van der Waals surface area contributed by atoms with Crippen molar-refractivity contribution in [1.29, 1.82) is 0 Å². The van der Waals surface area contributed by atoms with Crippen LogP contribution >= 0.6 is 0 Å². The van der Waals surface area contributed by atoms with E-state index in [2.05, 4.69) is 228 Å². The lowest BCUT2D eigenvalue weighted by atomic mass is 9.50. The third-order valence-electron chi connectivity index (χ3n) is 12.9. The van der Waals surface area contributed by atoms with Crippen molar-refractivity contribution in [3.8, 4) is 16.9 Å². The van der Waals surface area contributed by atoms with E-state index in [0.29, 0.717) is 19.9 Å². The van der Waals surface area contributed by atoms with Gasteiger partial charge in [0.05, 0.1) is 41.3 Å². The van der Waals surface area contributed by atoms with Crippen LogP contribution in [0.25, 0.3) is 38.8 Å². The van der Waals surface area contributed by atoms with Crippen LogP contribution in [0.15, 0.2) is 158 Å². The zero-order valence-corrected chi connectivity index (χ0v) is 40.3. The van der Waals surface area contributed by atoms with E-state index < -0.39 is 21.4 Å². The van der Waals surface area contributed by atoms with Gasteiger partial charge in [-0.1, -0.05) is 165 Å². The van der Waals surface area contributed by atoms with Gasteiger partial charge in [-0.15, -0.1) is 0 Å². The van der Waals surface area contributed by atoms with Crippen molar-refractivity contribution in [3.63, 3.8) is 0 Å². The van der Waals surface area contributed by atoms with Crippen molar-refractivity contribution in [2.75, 3.05) is 16.5 Å². The molecule has 0 aliphatic carbocycles. The molecule has 67 heavy (non-hydrogen) atoms. The van der Waals surface area contributed by atoms with Crippen LogP contribution in [0.4, 0.5) is 22.7 Å². The lowest BCUT2D eigenvalue weighted by Crippen LogP contribution is -2.59. The minimum atomic E-state index is -0.664. The van der Waals surface area contributed by atoms with E-state index in [1.165, 1.54) is 16.3 Å². The van der Waals surface area contributed by atoms with Crippen molar-refractivity contribution < 1.29 is 18.5 Å². The van der Waals surface area contributed by atoms with Crippen molar-refractivity contribution >= 4 is 71.4 Å². The number of fused-ring (bicyclic) bond motifs is 4. The third kappa shape index (κ3) is 8.82. The maximum atomic E-state index is 6.81. The Labute approximate surface area is 397 Å². The van der Waals surface area contributed by atoms with Gasteiger partial charge in [-0.3, -0.25) is 4.57 Å². The highest BCUT2D eigenvalue weighted by Crippen LogP contribution is 2.47. The summed E-state index contributed by atoms with van der Waals surface area (Å²) in [6, 6.07) is 54.1. The van der Waals surface area contributed by atoms with Gasteiger partial charge < -0.3 is 28.3 Å². The zero-order chi connectivity index (χ0) is 46.7. The number of pyridine rings is 1. The molecule has 8 aromatic rings. The topological polar surface area (TPSA) is 61.2 Å². The largest absolute Gasteiger partial charge is 0.468 e. The molecule has 4 heterocycles. The minimum Gasteiger partial charge on any atom is -0.452 e. The second kappa shape index (κ2) is 17.5. The third-order valence-corrected chi connectivity index (χ3v) is 12.9. The molecule has 0 N–H and O–H groups in total. The Bertz CT molecular complexity index is 3060. The first-order valence-electron chi connectivity index (χ1n) is 23.6. The molecule has 2 aromatic heterocycles. The number of rotatable bonds is 9. The van der Waals surface area contributed by atoms with Gasteiger partial charge in [0.2, 0.25) is 0 Å². The first-order valence-corrected chi connectivity index (χ1v) is 23.6. The fraction of sp³-hybridized carbons (Fsp3) is 0.268. The molecule has 8 nitrogen and oxygen atoms in total. The molecule has 0 saturated carbocycles. The zero-order valence-electron chi connectivity index (χ0n) is 40.3. The summed E-state index contributed by atoms with van der Waals surface area (Å²) in [6.07, 6.45) is 1.93. The predicted molar refractivity (Wildman–Crippen MR) is 279 cm³/mol. The molecule has 0 unspecified atom stereocenters. The average molecular weight is 885 g/mol. The Kier molecular flexibility index (Phi) is 11.7. The van der Waals surface area contributed by atoms with Gasteiger partial charge in [0.25, 0.3) is 0 Å². The van der Waals surface area contributed by atoms with Crippen molar-refractivity contribution in [2.24, 2.45) is 0 Å². The average Bonchev–Trinajstić information content (AvgIpc) is 3.87. The van der Waals surface area contributed by atoms with E-state index in [1.807, 2.05) is 6.20 Å². The number of para-hydroxylation sites is 4. The van der Waals surface area contributed by atoms with Crippen molar-refractivity contribution in [2.45, 2.75) is 91.6 Å². The first-order chi connectivity index (χ1) is 32.1. The van der Waals surface area contributed by atoms with Crippen molar-refractivity contribution in [1.82, 2.24) is 9.55 Å². The summed E-state index contributed by atoms with van der Waals surface area (Å²) in [5.74, 6) is 0.920. The SMILES string of the molecule is CC(C)(C)B1OB(c2cccc(-c3ccccc3)c2N2CN(c3cccc(COCc4ccc5c6ccccc6n(-c6cc(C(C)(C)C)ccn6)c5c4)c3)c3ccccc32)OB(C(C)(C)C)O1. The summed E-state index contributed by atoms with van der Waals surface area (Å²) in [7, 11) is -1.61. The Morgan fingerprint density at radius 1 is 0.567 bits per heavy atom. The first kappa shape index (κ1) is 44.7. The van der Waals surface area contributed by atoms with Crippen LogP contribution in [0, 0.1) is 0 Å². The summed E-state index contributed by atoms with van der Waals surface area (Å²) >= 11 is 0. The van der Waals surface area contributed by atoms with Crippen LogP contribution in [0.2, 0.25) is 10.6 Å². The molecule has 2 aliphatic rings. The van der Waals surface area contributed by atoms with Crippen LogP contribution in [-0.4, -0.2) is 37.6 Å². The van der Waals surface area contributed by atoms with Gasteiger partial charge in [0, 0.05) is 33.7 Å². The fourth-order valence-corrected chi connectivity index (χ4v) is 9.39.